The van der Waals surface area contributed by atoms with Crippen LogP contribution in [0.25, 0.3) is 0 Å². The first kappa shape index (κ1) is 15.8. The number of benzene rings is 1. The minimum atomic E-state index is -0.816. The van der Waals surface area contributed by atoms with Gasteiger partial charge in [0.05, 0.1) is 6.54 Å². The van der Waals surface area contributed by atoms with E-state index in [1.165, 1.54) is 0 Å². The molecule has 1 aromatic rings. The summed E-state index contributed by atoms with van der Waals surface area (Å²) in [4.78, 5) is 24.7. The third-order valence-corrected chi connectivity index (χ3v) is 4.03. The number of carboxylic acid groups (broad SMARTS) is 1. The van der Waals surface area contributed by atoms with Gasteiger partial charge in [0.15, 0.2) is 0 Å². The summed E-state index contributed by atoms with van der Waals surface area (Å²) in [6.45, 7) is 2.70. The number of carbonyl (C=O) groups is 2. The highest BCUT2D eigenvalue weighted by molar-refractivity contribution is 6.30. The molecule has 0 bridgehead atoms. The molecule has 1 amide bonds. The van der Waals surface area contributed by atoms with Crippen LogP contribution in [0.3, 0.4) is 0 Å². The van der Waals surface area contributed by atoms with E-state index >= 15 is 0 Å². The van der Waals surface area contributed by atoms with E-state index in [1.807, 2.05) is 11.8 Å². The highest BCUT2D eigenvalue weighted by atomic mass is 35.5. The predicted molar refractivity (Wildman–Crippen MR) is 80.6 cm³/mol. The van der Waals surface area contributed by atoms with E-state index in [9.17, 15) is 9.59 Å². The molecule has 0 aliphatic heterocycles. The summed E-state index contributed by atoms with van der Waals surface area (Å²) < 4.78 is 0. The van der Waals surface area contributed by atoms with E-state index in [1.54, 1.807) is 24.3 Å². The van der Waals surface area contributed by atoms with Crippen molar-refractivity contribution in [2.24, 2.45) is 0 Å². The molecule has 5 nitrogen and oxygen atoms in total. The van der Waals surface area contributed by atoms with Crippen LogP contribution in [0.4, 0.5) is 0 Å². The van der Waals surface area contributed by atoms with Crippen LogP contribution >= 0.6 is 11.6 Å². The van der Waals surface area contributed by atoms with E-state index in [-0.39, 0.29) is 24.5 Å². The van der Waals surface area contributed by atoms with Crippen LogP contribution in [0.5, 0.6) is 0 Å². The van der Waals surface area contributed by atoms with E-state index in [2.05, 4.69) is 5.32 Å². The Morgan fingerprint density at radius 3 is 2.71 bits per heavy atom. The van der Waals surface area contributed by atoms with Gasteiger partial charge in [0, 0.05) is 22.7 Å². The second kappa shape index (κ2) is 6.91. The number of hydrogen-bond acceptors (Lipinski definition) is 3. The van der Waals surface area contributed by atoms with Gasteiger partial charge in [-0.05, 0) is 37.6 Å². The van der Waals surface area contributed by atoms with Crippen LogP contribution in [0.15, 0.2) is 24.3 Å². The van der Waals surface area contributed by atoms with Crippen LogP contribution < -0.4 is 5.32 Å². The van der Waals surface area contributed by atoms with Gasteiger partial charge < -0.3 is 10.4 Å². The lowest BCUT2D eigenvalue weighted by molar-refractivity contribution is -0.139. The number of hydrogen-bond donors (Lipinski definition) is 2. The Hall–Kier alpha value is -1.59. The molecule has 1 saturated carbocycles. The van der Waals surface area contributed by atoms with Crippen molar-refractivity contribution in [2.75, 3.05) is 13.1 Å². The zero-order valence-electron chi connectivity index (χ0n) is 11.9. The molecular weight excluding hydrogens is 292 g/mol. The fourth-order valence-electron chi connectivity index (χ4n) is 2.58. The predicted octanol–water partition coefficient (Wildman–Crippen LogP) is 2.01. The quantitative estimate of drug-likeness (QED) is 0.843. The fraction of sp³-hybridized carbons (Fsp3) is 0.467. The Morgan fingerprint density at radius 2 is 2.14 bits per heavy atom. The van der Waals surface area contributed by atoms with Crippen LogP contribution in [-0.4, -0.2) is 47.1 Å². The van der Waals surface area contributed by atoms with Gasteiger partial charge in [-0.15, -0.1) is 0 Å². The fourth-order valence-corrected chi connectivity index (χ4v) is 2.77. The molecule has 1 aliphatic rings. The standard InChI is InChI=1S/C15H19ClN2O3/c1-2-18(9-14(19)20)13-7-12(8-13)17-15(21)10-4-3-5-11(16)6-10/h3-6,12-13H,2,7-9H2,1H3,(H,17,21)(H,19,20). The molecule has 0 spiro atoms. The van der Waals surface area contributed by atoms with Gasteiger partial charge >= 0.3 is 5.97 Å². The van der Waals surface area contributed by atoms with Gasteiger partial charge in [0.2, 0.25) is 0 Å². The highest BCUT2D eigenvalue weighted by Gasteiger charge is 2.34. The smallest absolute Gasteiger partial charge is 0.317 e. The zero-order chi connectivity index (χ0) is 15.4. The summed E-state index contributed by atoms with van der Waals surface area (Å²) in [6, 6.07) is 7.16. The van der Waals surface area contributed by atoms with Gasteiger partial charge in [0.25, 0.3) is 5.91 Å². The topological polar surface area (TPSA) is 69.6 Å². The normalized spacial score (nSPS) is 20.9. The number of rotatable bonds is 6. The number of likely N-dealkylation sites (N-methyl/N-ethyl adjacent to an activating group) is 1. The van der Waals surface area contributed by atoms with E-state index in [0.29, 0.717) is 17.1 Å². The molecule has 0 saturated heterocycles. The van der Waals surface area contributed by atoms with E-state index in [0.717, 1.165) is 12.8 Å². The lowest BCUT2D eigenvalue weighted by atomic mass is 9.85. The number of carboxylic acids is 1. The molecule has 0 radical (unpaired) electrons. The molecule has 1 fully saturated rings. The number of carbonyl (C=O) groups excluding carboxylic acids is 1. The maximum Gasteiger partial charge on any atom is 0.317 e. The minimum Gasteiger partial charge on any atom is -0.480 e. The molecule has 1 aromatic carbocycles. The second-order valence-corrected chi connectivity index (χ2v) is 5.70. The Morgan fingerprint density at radius 1 is 1.43 bits per heavy atom. The van der Waals surface area contributed by atoms with E-state index < -0.39 is 5.97 Å². The second-order valence-electron chi connectivity index (χ2n) is 5.26. The van der Waals surface area contributed by atoms with Gasteiger partial charge in [0.1, 0.15) is 0 Å². The Bertz CT molecular complexity index is 529. The largest absolute Gasteiger partial charge is 0.480 e. The SMILES string of the molecule is CCN(CC(=O)O)C1CC(NC(=O)c2cccc(Cl)c2)C1. The number of nitrogens with zero attached hydrogens (tertiary/aromatic N) is 1. The number of halogens is 1. The molecule has 2 rings (SSSR count). The summed E-state index contributed by atoms with van der Waals surface area (Å²) >= 11 is 5.86. The first-order valence-electron chi connectivity index (χ1n) is 7.02. The van der Waals surface area contributed by atoms with Crippen LogP contribution in [0.2, 0.25) is 5.02 Å². The lowest BCUT2D eigenvalue weighted by Crippen LogP contribution is -2.54. The molecule has 0 atom stereocenters. The molecule has 1 aliphatic carbocycles. The van der Waals surface area contributed by atoms with Gasteiger partial charge in [-0.2, -0.15) is 0 Å². The maximum absolute atomic E-state index is 12.0. The summed E-state index contributed by atoms with van der Waals surface area (Å²) in [6.07, 6.45) is 1.57. The van der Waals surface area contributed by atoms with Crippen molar-refractivity contribution in [2.45, 2.75) is 31.8 Å². The minimum absolute atomic E-state index is 0.0517. The monoisotopic (exact) mass is 310 g/mol. The molecular formula is C15H19ClN2O3. The molecule has 0 aromatic heterocycles. The number of nitrogens with one attached hydrogen (secondary N) is 1. The third-order valence-electron chi connectivity index (χ3n) is 3.80. The first-order chi connectivity index (χ1) is 9.99. The lowest BCUT2D eigenvalue weighted by Gasteiger charge is -2.42. The highest BCUT2D eigenvalue weighted by Crippen LogP contribution is 2.26. The Kier molecular flexibility index (Phi) is 5.20. The van der Waals surface area contributed by atoms with E-state index in [4.69, 9.17) is 16.7 Å². The molecule has 0 heterocycles. The maximum atomic E-state index is 12.0. The van der Waals surface area contributed by atoms with Gasteiger partial charge in [-0.3, -0.25) is 14.5 Å². The van der Waals surface area contributed by atoms with Crippen molar-refractivity contribution in [3.05, 3.63) is 34.9 Å². The number of amides is 1. The average Bonchev–Trinajstić information content (AvgIpc) is 2.39. The van der Waals surface area contributed by atoms with Gasteiger partial charge in [-0.25, -0.2) is 0 Å². The molecule has 114 valence electrons. The number of aliphatic carboxylic acids is 1. The third kappa shape index (κ3) is 4.19. The van der Waals surface area contributed by atoms with Crippen molar-refractivity contribution in [3.63, 3.8) is 0 Å². The summed E-state index contributed by atoms with van der Waals surface area (Å²) in [7, 11) is 0. The summed E-state index contributed by atoms with van der Waals surface area (Å²) in [5, 5.41) is 12.3. The Labute approximate surface area is 128 Å². The first-order valence-corrected chi connectivity index (χ1v) is 7.39. The molecule has 2 N–H and O–H groups in total. The summed E-state index contributed by atoms with van der Waals surface area (Å²) in [5.74, 6) is -0.953. The average molecular weight is 311 g/mol. The van der Waals surface area contributed by atoms with Crippen LogP contribution in [-0.2, 0) is 4.79 Å². The van der Waals surface area contributed by atoms with Crippen molar-refractivity contribution in [3.8, 4) is 0 Å². The van der Waals surface area contributed by atoms with Crippen molar-refractivity contribution >= 4 is 23.5 Å². The van der Waals surface area contributed by atoms with Crippen molar-refractivity contribution < 1.29 is 14.7 Å². The molecule has 6 heteroatoms. The van der Waals surface area contributed by atoms with Crippen molar-refractivity contribution in [1.29, 1.82) is 0 Å². The molecule has 0 unspecified atom stereocenters. The van der Waals surface area contributed by atoms with Gasteiger partial charge in [-0.1, -0.05) is 24.6 Å². The van der Waals surface area contributed by atoms with Crippen LogP contribution in [0.1, 0.15) is 30.1 Å². The summed E-state index contributed by atoms with van der Waals surface area (Å²) in [5.41, 5.74) is 0.545. The molecule has 21 heavy (non-hydrogen) atoms. The van der Waals surface area contributed by atoms with Crippen LogP contribution in [0, 0.1) is 0 Å². The van der Waals surface area contributed by atoms with Crippen molar-refractivity contribution in [1.82, 2.24) is 10.2 Å². The Balaban J connectivity index is 1.82. The zero-order valence-corrected chi connectivity index (χ0v) is 12.6.